The lowest BCUT2D eigenvalue weighted by Crippen LogP contribution is -2.40. The third-order valence-electron chi connectivity index (χ3n) is 4.54. The van der Waals surface area contributed by atoms with Crippen LogP contribution in [0.25, 0.3) is 10.9 Å². The summed E-state index contributed by atoms with van der Waals surface area (Å²) in [6.07, 6.45) is 3.52. The number of benzene rings is 1. The quantitative estimate of drug-likeness (QED) is 0.786. The molecule has 1 atom stereocenters. The molecule has 2 heterocycles. The number of amides is 1. The zero-order valence-electron chi connectivity index (χ0n) is 14.1. The maximum Gasteiger partial charge on any atom is 0.235 e. The van der Waals surface area contributed by atoms with E-state index in [1.807, 2.05) is 11.8 Å². The molecule has 3 nitrogen and oxygen atoms in total. The molecule has 0 spiro atoms. The number of hydrogen-bond donors (Lipinski definition) is 0. The average molecular weight is 328 g/mol. The Morgan fingerprint density at radius 2 is 1.91 bits per heavy atom. The van der Waals surface area contributed by atoms with Crippen molar-refractivity contribution in [3.05, 3.63) is 35.4 Å². The van der Waals surface area contributed by atoms with E-state index in [4.69, 9.17) is 4.98 Å². The topological polar surface area (TPSA) is 33.2 Å². The zero-order chi connectivity index (χ0) is 16.4. The molecular formula is C19H24N2OS. The first kappa shape index (κ1) is 16.3. The highest BCUT2D eigenvalue weighted by Gasteiger charge is 2.23. The third-order valence-corrected chi connectivity index (χ3v) is 5.54. The Bertz CT molecular complexity index is 723. The fourth-order valence-electron chi connectivity index (χ4n) is 3.19. The number of aromatic nitrogens is 1. The lowest BCUT2D eigenvalue weighted by atomic mass is 10.1. The van der Waals surface area contributed by atoms with Gasteiger partial charge in [0.05, 0.1) is 15.8 Å². The van der Waals surface area contributed by atoms with Crippen molar-refractivity contribution in [2.75, 3.05) is 13.1 Å². The largest absolute Gasteiger partial charge is 0.342 e. The molecule has 1 aromatic heterocycles. The lowest BCUT2D eigenvalue weighted by molar-refractivity contribution is -0.131. The fourth-order valence-corrected chi connectivity index (χ4v) is 4.20. The number of rotatable bonds is 3. The second-order valence-electron chi connectivity index (χ2n) is 6.39. The van der Waals surface area contributed by atoms with Gasteiger partial charge in [0, 0.05) is 18.5 Å². The first-order chi connectivity index (χ1) is 11.1. The van der Waals surface area contributed by atoms with Crippen LogP contribution in [0.2, 0.25) is 0 Å². The minimum absolute atomic E-state index is 0.0820. The van der Waals surface area contributed by atoms with Crippen LogP contribution in [0.4, 0.5) is 0 Å². The number of hydrogen-bond acceptors (Lipinski definition) is 3. The Balaban J connectivity index is 1.80. The van der Waals surface area contributed by atoms with Gasteiger partial charge in [0.2, 0.25) is 5.91 Å². The van der Waals surface area contributed by atoms with Crippen molar-refractivity contribution in [1.82, 2.24) is 9.88 Å². The molecule has 1 aliphatic heterocycles. The van der Waals surface area contributed by atoms with Crippen LogP contribution in [0, 0.1) is 13.8 Å². The smallest absolute Gasteiger partial charge is 0.235 e. The lowest BCUT2D eigenvalue weighted by Gasteiger charge is -2.29. The van der Waals surface area contributed by atoms with Crippen LogP contribution in [0.1, 0.15) is 37.3 Å². The highest BCUT2D eigenvalue weighted by atomic mass is 32.2. The molecule has 2 aromatic rings. The number of aryl methyl sites for hydroxylation is 2. The number of nitrogens with zero attached hydrogens (tertiary/aromatic N) is 2. The number of piperidine rings is 1. The molecule has 1 amide bonds. The van der Waals surface area contributed by atoms with Gasteiger partial charge in [0.1, 0.15) is 0 Å². The van der Waals surface area contributed by atoms with E-state index >= 15 is 0 Å². The Morgan fingerprint density at radius 3 is 2.65 bits per heavy atom. The number of pyridine rings is 1. The molecule has 0 bridgehead atoms. The number of fused-ring (bicyclic) bond motifs is 1. The van der Waals surface area contributed by atoms with Crippen molar-refractivity contribution in [3.63, 3.8) is 0 Å². The van der Waals surface area contributed by atoms with Crippen LogP contribution in [-0.2, 0) is 4.79 Å². The van der Waals surface area contributed by atoms with Gasteiger partial charge >= 0.3 is 0 Å². The summed E-state index contributed by atoms with van der Waals surface area (Å²) in [5.74, 6) is 0.249. The summed E-state index contributed by atoms with van der Waals surface area (Å²) in [5.41, 5.74) is 3.45. The summed E-state index contributed by atoms with van der Waals surface area (Å²) in [6, 6.07) is 8.38. The number of carbonyl (C=O) groups excluding carboxylic acids is 1. The molecular weight excluding hydrogens is 304 g/mol. The predicted molar refractivity (Wildman–Crippen MR) is 97.0 cm³/mol. The molecule has 1 aromatic carbocycles. The highest BCUT2D eigenvalue weighted by Crippen LogP contribution is 2.29. The van der Waals surface area contributed by atoms with E-state index < -0.39 is 0 Å². The average Bonchev–Trinajstić information content (AvgIpc) is 2.56. The van der Waals surface area contributed by atoms with Gasteiger partial charge in [-0.15, -0.1) is 0 Å². The van der Waals surface area contributed by atoms with E-state index in [0.29, 0.717) is 0 Å². The summed E-state index contributed by atoms with van der Waals surface area (Å²) in [6.45, 7) is 8.02. The third kappa shape index (κ3) is 3.52. The summed E-state index contributed by atoms with van der Waals surface area (Å²) < 4.78 is 0. The molecule has 122 valence electrons. The maximum atomic E-state index is 12.6. The zero-order valence-corrected chi connectivity index (χ0v) is 14.9. The van der Waals surface area contributed by atoms with E-state index in [1.54, 1.807) is 11.8 Å². The molecule has 4 heteroatoms. The first-order valence-corrected chi connectivity index (χ1v) is 9.26. The van der Waals surface area contributed by atoms with Gasteiger partial charge in [-0.1, -0.05) is 30.0 Å². The molecule has 1 saturated heterocycles. The van der Waals surface area contributed by atoms with Gasteiger partial charge in [0.15, 0.2) is 0 Å². The van der Waals surface area contributed by atoms with Gasteiger partial charge < -0.3 is 4.90 Å². The summed E-state index contributed by atoms with van der Waals surface area (Å²) >= 11 is 1.58. The Kier molecular flexibility index (Phi) is 4.90. The van der Waals surface area contributed by atoms with Crippen molar-refractivity contribution in [2.45, 2.75) is 50.3 Å². The predicted octanol–water partition coefficient (Wildman–Crippen LogP) is 4.34. The van der Waals surface area contributed by atoms with Crippen molar-refractivity contribution in [1.29, 1.82) is 0 Å². The Morgan fingerprint density at radius 1 is 1.17 bits per heavy atom. The van der Waals surface area contributed by atoms with Crippen LogP contribution < -0.4 is 0 Å². The monoisotopic (exact) mass is 328 g/mol. The molecule has 0 N–H and O–H groups in total. The van der Waals surface area contributed by atoms with Gasteiger partial charge in [-0.05, 0) is 57.2 Å². The Labute approximate surface area is 142 Å². The van der Waals surface area contributed by atoms with Crippen LogP contribution in [0.5, 0.6) is 0 Å². The summed E-state index contributed by atoms with van der Waals surface area (Å²) in [5, 5.41) is 2.06. The van der Waals surface area contributed by atoms with E-state index in [2.05, 4.69) is 38.1 Å². The second kappa shape index (κ2) is 6.91. The number of thioether (sulfide) groups is 1. The van der Waals surface area contributed by atoms with Crippen molar-refractivity contribution in [3.8, 4) is 0 Å². The minimum atomic E-state index is -0.0820. The molecule has 0 aliphatic carbocycles. The molecule has 23 heavy (non-hydrogen) atoms. The van der Waals surface area contributed by atoms with Gasteiger partial charge in [-0.25, -0.2) is 4.98 Å². The van der Waals surface area contributed by atoms with Crippen molar-refractivity contribution >= 4 is 28.6 Å². The first-order valence-electron chi connectivity index (χ1n) is 8.38. The van der Waals surface area contributed by atoms with Crippen molar-refractivity contribution < 1.29 is 4.79 Å². The molecule has 3 rings (SSSR count). The van der Waals surface area contributed by atoms with Crippen LogP contribution >= 0.6 is 11.8 Å². The van der Waals surface area contributed by atoms with Gasteiger partial charge in [0.25, 0.3) is 0 Å². The maximum absolute atomic E-state index is 12.6. The Hall–Kier alpha value is -1.55. The molecule has 0 radical (unpaired) electrons. The fraction of sp³-hybridized carbons (Fsp3) is 0.474. The van der Waals surface area contributed by atoms with E-state index in [-0.39, 0.29) is 11.2 Å². The summed E-state index contributed by atoms with van der Waals surface area (Å²) in [7, 11) is 0. The van der Waals surface area contributed by atoms with E-state index in [9.17, 15) is 4.79 Å². The normalized spacial score (nSPS) is 16.6. The standard InChI is InChI=1S/C19H24N2OS/c1-13-8-7-9-16-14(2)12-17(20-18(13)16)23-15(3)19(22)21-10-5-4-6-11-21/h7-9,12,15H,4-6,10-11H2,1-3H3/t15-/m1/s1. The SMILES string of the molecule is Cc1cc(S[C@H](C)C(=O)N2CCCCC2)nc2c(C)cccc12. The second-order valence-corrected chi connectivity index (χ2v) is 7.76. The number of para-hydroxylation sites is 1. The van der Waals surface area contributed by atoms with Crippen molar-refractivity contribution in [2.24, 2.45) is 0 Å². The highest BCUT2D eigenvalue weighted by molar-refractivity contribution is 8.00. The van der Waals surface area contributed by atoms with Crippen LogP contribution in [0.3, 0.4) is 0 Å². The molecule has 0 saturated carbocycles. The number of likely N-dealkylation sites (tertiary alicyclic amines) is 1. The van der Waals surface area contributed by atoms with Crippen LogP contribution in [-0.4, -0.2) is 34.1 Å². The van der Waals surface area contributed by atoms with Crippen LogP contribution in [0.15, 0.2) is 29.3 Å². The molecule has 0 unspecified atom stereocenters. The number of carbonyl (C=O) groups is 1. The van der Waals surface area contributed by atoms with Gasteiger partial charge in [-0.3, -0.25) is 4.79 Å². The molecule has 1 aliphatic rings. The summed E-state index contributed by atoms with van der Waals surface area (Å²) in [4.78, 5) is 19.4. The van der Waals surface area contributed by atoms with Gasteiger partial charge in [-0.2, -0.15) is 0 Å². The van der Waals surface area contributed by atoms with E-state index in [0.717, 1.165) is 36.5 Å². The molecule has 1 fully saturated rings. The minimum Gasteiger partial charge on any atom is -0.342 e. The van der Waals surface area contributed by atoms with E-state index in [1.165, 1.54) is 22.9 Å².